The molecular weight excluding hydrogens is 252 g/mol. The van der Waals surface area contributed by atoms with E-state index in [1.165, 1.54) is 0 Å². The summed E-state index contributed by atoms with van der Waals surface area (Å²) in [5.41, 5.74) is 3.30. The molecule has 0 spiro atoms. The number of nitrogens with zero attached hydrogens (tertiary/aromatic N) is 1. The summed E-state index contributed by atoms with van der Waals surface area (Å²) in [5, 5.41) is 3.58. The van der Waals surface area contributed by atoms with E-state index in [2.05, 4.69) is 10.3 Å². The van der Waals surface area contributed by atoms with E-state index in [0.717, 1.165) is 16.8 Å². The molecule has 0 bridgehead atoms. The van der Waals surface area contributed by atoms with Gasteiger partial charge < -0.3 is 9.73 Å². The van der Waals surface area contributed by atoms with Crippen LogP contribution in [0.1, 0.15) is 11.1 Å². The number of hydrogen-bond acceptors (Lipinski definition) is 4. The molecule has 100 valence electrons. The second-order valence-corrected chi connectivity index (χ2v) is 4.72. The Balaban J connectivity index is 2.10. The van der Waals surface area contributed by atoms with Gasteiger partial charge in [0, 0.05) is 5.69 Å². The van der Waals surface area contributed by atoms with Gasteiger partial charge in [-0.2, -0.15) is 4.98 Å². The third-order valence-electron chi connectivity index (χ3n) is 3.25. The minimum Gasteiger partial charge on any atom is -0.388 e. The Hall–Kier alpha value is -2.62. The van der Waals surface area contributed by atoms with Crippen LogP contribution < -0.4 is 10.9 Å². The number of para-hydroxylation sites is 2. The molecule has 0 fully saturated rings. The molecule has 0 aliphatic carbocycles. The Morgan fingerprint density at radius 1 is 1.00 bits per heavy atom. The van der Waals surface area contributed by atoms with Gasteiger partial charge in [-0.15, -0.1) is 0 Å². The number of aryl methyl sites for hydroxylation is 2. The number of rotatable bonds is 2. The molecule has 20 heavy (non-hydrogen) atoms. The summed E-state index contributed by atoms with van der Waals surface area (Å²) in [6.45, 7) is 3.99. The van der Waals surface area contributed by atoms with E-state index in [1.807, 2.05) is 38.1 Å². The largest absolute Gasteiger partial charge is 0.388 e. The van der Waals surface area contributed by atoms with E-state index in [4.69, 9.17) is 4.42 Å². The van der Waals surface area contributed by atoms with Crippen molar-refractivity contribution in [2.45, 2.75) is 13.8 Å². The summed E-state index contributed by atoms with van der Waals surface area (Å²) < 4.78 is 5.23. The monoisotopic (exact) mass is 266 g/mol. The fourth-order valence-electron chi connectivity index (χ4n) is 2.19. The van der Waals surface area contributed by atoms with Gasteiger partial charge in [0.05, 0.1) is 10.9 Å². The highest BCUT2D eigenvalue weighted by Crippen LogP contribution is 2.23. The summed E-state index contributed by atoms with van der Waals surface area (Å²) in [6.07, 6.45) is 0. The quantitative estimate of drug-likeness (QED) is 0.770. The molecule has 1 aromatic heterocycles. The maximum absolute atomic E-state index is 11.9. The Bertz CT molecular complexity index is 817. The molecule has 4 nitrogen and oxygen atoms in total. The highest BCUT2D eigenvalue weighted by Gasteiger charge is 2.08. The zero-order valence-corrected chi connectivity index (χ0v) is 11.3. The van der Waals surface area contributed by atoms with Gasteiger partial charge in [-0.25, -0.2) is 4.79 Å². The van der Waals surface area contributed by atoms with Gasteiger partial charge in [0.15, 0.2) is 0 Å². The second kappa shape index (κ2) is 4.81. The van der Waals surface area contributed by atoms with Crippen molar-refractivity contribution in [3.8, 4) is 0 Å². The first-order valence-electron chi connectivity index (χ1n) is 6.38. The Morgan fingerprint density at radius 2 is 1.70 bits per heavy atom. The number of hydrogen-bond donors (Lipinski definition) is 1. The average Bonchev–Trinajstić information content (AvgIpc) is 2.43. The lowest BCUT2D eigenvalue weighted by molar-refractivity contribution is 0.522. The van der Waals surface area contributed by atoms with Crippen molar-refractivity contribution in [2.24, 2.45) is 0 Å². The fraction of sp³-hybridized carbons (Fsp3) is 0.125. The first-order valence-corrected chi connectivity index (χ1v) is 6.38. The minimum atomic E-state index is -0.385. The maximum atomic E-state index is 11.9. The number of anilines is 2. The summed E-state index contributed by atoms with van der Waals surface area (Å²) in [7, 11) is 0. The van der Waals surface area contributed by atoms with Crippen molar-refractivity contribution < 1.29 is 4.42 Å². The third-order valence-corrected chi connectivity index (χ3v) is 3.25. The zero-order valence-electron chi connectivity index (χ0n) is 11.3. The van der Waals surface area contributed by atoms with Gasteiger partial charge in [-0.3, -0.25) is 0 Å². The highest BCUT2D eigenvalue weighted by atomic mass is 16.4. The lowest BCUT2D eigenvalue weighted by Gasteiger charge is -2.10. The number of nitrogens with one attached hydrogen (secondary N) is 1. The van der Waals surface area contributed by atoms with Crippen molar-refractivity contribution in [3.05, 3.63) is 64.0 Å². The predicted octanol–water partition coefficient (Wildman–Crippen LogP) is 3.55. The molecule has 0 saturated carbocycles. The Labute approximate surface area is 116 Å². The molecule has 0 unspecified atom stereocenters. The molecule has 0 aliphatic rings. The molecule has 0 saturated heterocycles. The van der Waals surface area contributed by atoms with Crippen LogP contribution in [0.4, 0.5) is 11.7 Å². The highest BCUT2D eigenvalue weighted by molar-refractivity contribution is 5.78. The van der Waals surface area contributed by atoms with Crippen LogP contribution in [0.3, 0.4) is 0 Å². The molecule has 0 aliphatic heterocycles. The van der Waals surface area contributed by atoms with Crippen molar-refractivity contribution in [2.75, 3.05) is 5.32 Å². The van der Waals surface area contributed by atoms with Crippen molar-refractivity contribution >= 4 is 22.6 Å². The van der Waals surface area contributed by atoms with Crippen LogP contribution in [0.2, 0.25) is 0 Å². The maximum Gasteiger partial charge on any atom is 0.348 e. The third kappa shape index (κ3) is 2.16. The number of benzene rings is 2. The summed E-state index contributed by atoms with van der Waals surface area (Å²) in [4.78, 5) is 16.2. The molecule has 1 heterocycles. The van der Waals surface area contributed by atoms with E-state index < -0.39 is 0 Å². The molecule has 1 N–H and O–H groups in total. The normalized spacial score (nSPS) is 10.7. The van der Waals surface area contributed by atoms with Crippen LogP contribution in [-0.2, 0) is 0 Å². The van der Waals surface area contributed by atoms with E-state index in [1.54, 1.807) is 18.2 Å². The van der Waals surface area contributed by atoms with Crippen LogP contribution in [-0.4, -0.2) is 4.98 Å². The van der Waals surface area contributed by atoms with Crippen LogP contribution in [0.5, 0.6) is 0 Å². The van der Waals surface area contributed by atoms with Gasteiger partial charge in [0.25, 0.3) is 0 Å². The average molecular weight is 266 g/mol. The summed E-state index contributed by atoms with van der Waals surface area (Å²) in [5.74, 6) is 0. The SMILES string of the molecule is Cc1cccc(C)c1Nc1nc2ccccc2c(=O)o1. The first kappa shape index (κ1) is 12.4. The van der Waals surface area contributed by atoms with Crippen LogP contribution in [0.15, 0.2) is 51.7 Å². The zero-order chi connectivity index (χ0) is 14.1. The minimum absolute atomic E-state index is 0.214. The predicted molar refractivity (Wildman–Crippen MR) is 79.5 cm³/mol. The van der Waals surface area contributed by atoms with E-state index in [9.17, 15) is 4.79 Å². The van der Waals surface area contributed by atoms with Crippen molar-refractivity contribution in [1.29, 1.82) is 0 Å². The molecule has 3 aromatic rings. The first-order chi connectivity index (χ1) is 9.65. The van der Waals surface area contributed by atoms with Crippen molar-refractivity contribution in [1.82, 2.24) is 4.98 Å². The molecule has 0 radical (unpaired) electrons. The summed E-state index contributed by atoms with van der Waals surface area (Å²) >= 11 is 0. The molecule has 2 aromatic carbocycles. The van der Waals surface area contributed by atoms with E-state index in [0.29, 0.717) is 10.9 Å². The summed E-state index contributed by atoms with van der Waals surface area (Å²) in [6, 6.07) is 13.3. The fourth-order valence-corrected chi connectivity index (χ4v) is 2.19. The lowest BCUT2D eigenvalue weighted by Crippen LogP contribution is -2.06. The van der Waals surface area contributed by atoms with Crippen LogP contribution >= 0.6 is 0 Å². The van der Waals surface area contributed by atoms with Gasteiger partial charge in [-0.05, 0) is 37.1 Å². The van der Waals surface area contributed by atoms with E-state index in [-0.39, 0.29) is 11.6 Å². The number of fused-ring (bicyclic) bond motifs is 1. The molecule has 4 heteroatoms. The van der Waals surface area contributed by atoms with Crippen LogP contribution in [0.25, 0.3) is 10.9 Å². The molecular formula is C16H14N2O2. The van der Waals surface area contributed by atoms with Crippen molar-refractivity contribution in [3.63, 3.8) is 0 Å². The van der Waals surface area contributed by atoms with Crippen LogP contribution in [0, 0.1) is 13.8 Å². The Kier molecular flexibility index (Phi) is 2.99. The van der Waals surface area contributed by atoms with Gasteiger partial charge >= 0.3 is 11.6 Å². The lowest BCUT2D eigenvalue weighted by atomic mass is 10.1. The van der Waals surface area contributed by atoms with Gasteiger partial charge in [0.1, 0.15) is 0 Å². The number of aromatic nitrogens is 1. The molecule has 0 atom stereocenters. The molecule has 0 amide bonds. The Morgan fingerprint density at radius 3 is 2.45 bits per heavy atom. The topological polar surface area (TPSA) is 55.1 Å². The standard InChI is InChI=1S/C16H14N2O2/c1-10-6-5-7-11(2)14(10)18-16-17-13-9-4-3-8-12(13)15(19)20-16/h3-9H,1-2H3,(H,17,18). The molecule has 3 rings (SSSR count). The second-order valence-electron chi connectivity index (χ2n) is 4.72. The smallest absolute Gasteiger partial charge is 0.348 e. The van der Waals surface area contributed by atoms with Gasteiger partial charge in [-0.1, -0.05) is 30.3 Å². The van der Waals surface area contributed by atoms with E-state index >= 15 is 0 Å². The van der Waals surface area contributed by atoms with Gasteiger partial charge in [0.2, 0.25) is 0 Å².